The molecular weight excluding hydrogens is 364 g/mol. The molecule has 0 spiro atoms. The molecular formula is C21H28O3S2. The number of aryl methyl sites for hydroxylation is 2. The summed E-state index contributed by atoms with van der Waals surface area (Å²) < 4.78 is 17.2. The Morgan fingerprint density at radius 2 is 1.12 bits per heavy atom. The van der Waals surface area contributed by atoms with Crippen molar-refractivity contribution in [2.75, 3.05) is 20.3 Å². The Morgan fingerprint density at radius 1 is 0.731 bits per heavy atom. The summed E-state index contributed by atoms with van der Waals surface area (Å²) in [7, 11) is 1.75. The van der Waals surface area contributed by atoms with Gasteiger partial charge >= 0.3 is 0 Å². The van der Waals surface area contributed by atoms with Crippen LogP contribution in [0.5, 0.6) is 0 Å². The lowest BCUT2D eigenvalue weighted by atomic mass is 9.99. The minimum Gasteiger partial charge on any atom is -0.378 e. The predicted octanol–water partition coefficient (Wildman–Crippen LogP) is 6.24. The standard InChI is InChI=1S/C21H28O3S2/c1-17-5-9-19(10-6-17)25-23-15-13-21(3,22-4)14-16-24-26-20-11-7-18(2)8-12-20/h5-12H,13-16H2,1-4H3. The molecule has 0 aliphatic rings. The van der Waals surface area contributed by atoms with Gasteiger partial charge in [0.2, 0.25) is 0 Å². The van der Waals surface area contributed by atoms with Gasteiger partial charge in [-0.3, -0.25) is 0 Å². The molecule has 0 N–H and O–H groups in total. The van der Waals surface area contributed by atoms with Crippen molar-refractivity contribution in [2.24, 2.45) is 0 Å². The number of methoxy groups -OCH3 is 1. The Hall–Kier alpha value is -0.980. The van der Waals surface area contributed by atoms with Crippen molar-refractivity contribution in [1.29, 1.82) is 0 Å². The summed E-state index contributed by atoms with van der Waals surface area (Å²) in [5.74, 6) is 0. The quantitative estimate of drug-likeness (QED) is 0.333. The summed E-state index contributed by atoms with van der Waals surface area (Å²) >= 11 is 2.83. The third-order valence-corrected chi connectivity index (χ3v) is 5.77. The summed E-state index contributed by atoms with van der Waals surface area (Å²) in [5.41, 5.74) is 2.26. The first-order valence-corrected chi connectivity index (χ1v) is 10.3. The Labute approximate surface area is 166 Å². The molecule has 0 aliphatic heterocycles. The van der Waals surface area contributed by atoms with E-state index < -0.39 is 0 Å². The highest BCUT2D eigenvalue weighted by atomic mass is 32.2. The van der Waals surface area contributed by atoms with Gasteiger partial charge < -0.3 is 13.1 Å². The maximum Gasteiger partial charge on any atom is 0.0695 e. The van der Waals surface area contributed by atoms with Crippen LogP contribution in [0.4, 0.5) is 0 Å². The van der Waals surface area contributed by atoms with Gasteiger partial charge in [0.15, 0.2) is 0 Å². The molecule has 0 aromatic heterocycles. The van der Waals surface area contributed by atoms with E-state index in [0.29, 0.717) is 13.2 Å². The van der Waals surface area contributed by atoms with E-state index in [9.17, 15) is 0 Å². The number of ether oxygens (including phenoxy) is 1. The van der Waals surface area contributed by atoms with Gasteiger partial charge in [-0.2, -0.15) is 0 Å². The van der Waals surface area contributed by atoms with Crippen LogP contribution in [0.15, 0.2) is 58.3 Å². The van der Waals surface area contributed by atoms with Crippen LogP contribution in [-0.4, -0.2) is 25.9 Å². The first-order chi connectivity index (χ1) is 12.5. The van der Waals surface area contributed by atoms with E-state index in [0.717, 1.165) is 22.6 Å². The maximum atomic E-state index is 5.73. The van der Waals surface area contributed by atoms with Crippen molar-refractivity contribution in [1.82, 2.24) is 0 Å². The molecule has 0 atom stereocenters. The highest BCUT2D eigenvalue weighted by molar-refractivity contribution is 7.94. The topological polar surface area (TPSA) is 27.7 Å². The highest BCUT2D eigenvalue weighted by Gasteiger charge is 2.23. The van der Waals surface area contributed by atoms with E-state index in [2.05, 4.69) is 69.3 Å². The van der Waals surface area contributed by atoms with Gasteiger partial charge in [0.25, 0.3) is 0 Å². The fourth-order valence-electron chi connectivity index (χ4n) is 2.25. The molecule has 0 amide bonds. The smallest absolute Gasteiger partial charge is 0.0695 e. The highest BCUT2D eigenvalue weighted by Crippen LogP contribution is 2.26. The van der Waals surface area contributed by atoms with Crippen LogP contribution in [0.1, 0.15) is 30.9 Å². The van der Waals surface area contributed by atoms with Crippen molar-refractivity contribution in [2.45, 2.75) is 49.0 Å². The molecule has 2 aromatic carbocycles. The van der Waals surface area contributed by atoms with E-state index in [4.69, 9.17) is 13.1 Å². The van der Waals surface area contributed by atoms with E-state index in [-0.39, 0.29) is 5.60 Å². The van der Waals surface area contributed by atoms with Crippen LogP contribution in [0.25, 0.3) is 0 Å². The molecule has 0 saturated carbocycles. The summed E-state index contributed by atoms with van der Waals surface area (Å²) in [6, 6.07) is 16.7. The van der Waals surface area contributed by atoms with E-state index in [1.807, 2.05) is 0 Å². The van der Waals surface area contributed by atoms with Crippen molar-refractivity contribution in [3.05, 3.63) is 59.7 Å². The molecule has 2 rings (SSSR count). The molecule has 2 aromatic rings. The predicted molar refractivity (Wildman–Crippen MR) is 111 cm³/mol. The van der Waals surface area contributed by atoms with Crippen molar-refractivity contribution in [3.8, 4) is 0 Å². The zero-order valence-electron chi connectivity index (χ0n) is 16.0. The molecule has 142 valence electrons. The molecule has 0 bridgehead atoms. The summed E-state index contributed by atoms with van der Waals surface area (Å²) in [5, 5.41) is 0. The Morgan fingerprint density at radius 3 is 1.46 bits per heavy atom. The molecule has 0 unspecified atom stereocenters. The average molecular weight is 393 g/mol. The molecule has 0 saturated heterocycles. The van der Waals surface area contributed by atoms with Crippen LogP contribution in [-0.2, 0) is 13.1 Å². The number of hydrogen-bond donors (Lipinski definition) is 0. The summed E-state index contributed by atoms with van der Waals surface area (Å²) in [6.07, 6.45) is 1.64. The minimum absolute atomic E-state index is 0.248. The lowest BCUT2D eigenvalue weighted by molar-refractivity contribution is -0.0226. The maximum absolute atomic E-state index is 5.73. The van der Waals surface area contributed by atoms with Gasteiger partial charge in [0.1, 0.15) is 0 Å². The Kier molecular flexibility index (Phi) is 9.02. The zero-order valence-corrected chi connectivity index (χ0v) is 17.6. The molecule has 3 nitrogen and oxygen atoms in total. The average Bonchev–Trinajstić information content (AvgIpc) is 2.65. The van der Waals surface area contributed by atoms with Gasteiger partial charge in [-0.05, 0) is 45.0 Å². The molecule has 0 fully saturated rings. The van der Waals surface area contributed by atoms with Crippen LogP contribution >= 0.6 is 24.1 Å². The number of hydrogen-bond acceptors (Lipinski definition) is 5. The van der Waals surface area contributed by atoms with Crippen LogP contribution in [0.2, 0.25) is 0 Å². The van der Waals surface area contributed by atoms with Crippen LogP contribution in [0, 0.1) is 13.8 Å². The number of rotatable bonds is 11. The fraction of sp³-hybridized carbons (Fsp3) is 0.429. The first kappa shape index (κ1) is 21.3. The Balaban J connectivity index is 1.65. The lowest BCUT2D eigenvalue weighted by Crippen LogP contribution is -2.30. The second-order valence-electron chi connectivity index (χ2n) is 6.59. The third-order valence-electron chi connectivity index (χ3n) is 4.27. The van der Waals surface area contributed by atoms with Gasteiger partial charge in [0, 0.05) is 53.8 Å². The lowest BCUT2D eigenvalue weighted by Gasteiger charge is -2.27. The van der Waals surface area contributed by atoms with Crippen molar-refractivity contribution < 1.29 is 13.1 Å². The third kappa shape index (κ3) is 7.72. The van der Waals surface area contributed by atoms with Gasteiger partial charge in [-0.1, -0.05) is 35.4 Å². The van der Waals surface area contributed by atoms with E-state index >= 15 is 0 Å². The van der Waals surface area contributed by atoms with Gasteiger partial charge in [-0.25, -0.2) is 0 Å². The van der Waals surface area contributed by atoms with Crippen LogP contribution in [0.3, 0.4) is 0 Å². The normalized spacial score (nSPS) is 11.7. The van der Waals surface area contributed by atoms with Crippen LogP contribution < -0.4 is 0 Å². The van der Waals surface area contributed by atoms with E-state index in [1.165, 1.54) is 35.2 Å². The minimum atomic E-state index is -0.248. The number of benzene rings is 2. The van der Waals surface area contributed by atoms with Crippen molar-refractivity contribution in [3.63, 3.8) is 0 Å². The summed E-state index contributed by atoms with van der Waals surface area (Å²) in [6.45, 7) is 7.53. The van der Waals surface area contributed by atoms with Crippen molar-refractivity contribution >= 4 is 24.1 Å². The summed E-state index contributed by atoms with van der Waals surface area (Å²) in [4.78, 5) is 2.24. The van der Waals surface area contributed by atoms with E-state index in [1.54, 1.807) is 7.11 Å². The second kappa shape index (κ2) is 11.0. The fourth-order valence-corrected chi connectivity index (χ4v) is 3.35. The molecule has 0 radical (unpaired) electrons. The van der Waals surface area contributed by atoms with Gasteiger partial charge in [0.05, 0.1) is 18.8 Å². The largest absolute Gasteiger partial charge is 0.378 e. The SMILES string of the molecule is COC(C)(CCOSc1ccc(C)cc1)CCOSc1ccc(C)cc1. The molecule has 0 heterocycles. The monoisotopic (exact) mass is 392 g/mol. The second-order valence-corrected chi connectivity index (χ2v) is 8.34. The molecule has 0 aliphatic carbocycles. The zero-order chi connectivity index (χ0) is 18.8. The first-order valence-electron chi connectivity index (χ1n) is 8.78. The Bertz CT molecular complexity index is 588. The molecule has 26 heavy (non-hydrogen) atoms. The van der Waals surface area contributed by atoms with Gasteiger partial charge in [-0.15, -0.1) is 0 Å². The molecule has 5 heteroatoms.